The molecule has 6 nitrogen and oxygen atoms in total. The summed E-state index contributed by atoms with van der Waals surface area (Å²) in [4.78, 5) is 19.3. The maximum Gasteiger partial charge on any atom is 0.280 e. The molecule has 0 bridgehead atoms. The Hall–Kier alpha value is -3.19. The van der Waals surface area contributed by atoms with Crippen LogP contribution in [0.1, 0.15) is 0 Å². The average molecular weight is 325 g/mol. The number of amides is 1. The van der Waals surface area contributed by atoms with E-state index in [4.69, 9.17) is 4.42 Å². The Labute approximate surface area is 137 Å². The number of quaternary nitrogens is 1. The second-order valence-corrected chi connectivity index (χ2v) is 5.39. The van der Waals surface area contributed by atoms with Gasteiger partial charge in [0.05, 0.1) is 0 Å². The smallest absolute Gasteiger partial charge is 0.280 e. The van der Waals surface area contributed by atoms with Crippen LogP contribution in [0, 0.1) is 6.01 Å². The van der Waals surface area contributed by atoms with Crippen molar-refractivity contribution in [1.82, 2.24) is 0 Å². The van der Waals surface area contributed by atoms with Gasteiger partial charge in [0.25, 0.3) is 11.9 Å². The molecule has 4 rings (SSSR count). The van der Waals surface area contributed by atoms with Crippen LogP contribution in [0.5, 0.6) is 0 Å². The van der Waals surface area contributed by atoms with Gasteiger partial charge in [0.1, 0.15) is 6.20 Å². The highest BCUT2D eigenvalue weighted by Crippen LogP contribution is 2.18. The Kier molecular flexibility index (Phi) is 3.47. The first-order chi connectivity index (χ1) is 11.7. The molecule has 3 heterocycles. The normalized spacial score (nSPS) is 18.9. The van der Waals surface area contributed by atoms with Gasteiger partial charge in [-0.05, 0) is 12.1 Å². The minimum Gasteiger partial charge on any atom is -0.414 e. The van der Waals surface area contributed by atoms with Crippen LogP contribution in [-0.4, -0.2) is 18.4 Å². The number of anilines is 2. The highest BCUT2D eigenvalue weighted by molar-refractivity contribution is 6.06. The minimum absolute atomic E-state index is 0.264. The number of benzene rings is 1. The van der Waals surface area contributed by atoms with Crippen molar-refractivity contribution in [2.24, 2.45) is 4.99 Å². The number of furan rings is 1. The number of hydrogen-bond acceptors (Lipinski definition) is 4. The predicted octanol–water partition coefficient (Wildman–Crippen LogP) is 1.49. The van der Waals surface area contributed by atoms with E-state index in [1.54, 1.807) is 29.4 Å². The van der Waals surface area contributed by atoms with Crippen molar-refractivity contribution < 1.29 is 18.5 Å². The number of nitrogens with zero attached hydrogens (tertiary/aromatic N) is 2. The molecular formula is C17H14FN4O2+. The molecule has 1 unspecified atom stereocenters. The molecule has 0 radical (unpaired) electrons. The van der Waals surface area contributed by atoms with Crippen LogP contribution in [0.3, 0.4) is 0 Å². The van der Waals surface area contributed by atoms with E-state index >= 15 is 0 Å². The Morgan fingerprint density at radius 3 is 2.83 bits per heavy atom. The number of carbonyl (C=O) groups is 1. The fourth-order valence-electron chi connectivity index (χ4n) is 2.58. The van der Waals surface area contributed by atoms with Crippen molar-refractivity contribution in [3.63, 3.8) is 0 Å². The maximum atomic E-state index is 13.0. The van der Waals surface area contributed by atoms with Crippen molar-refractivity contribution in [3.05, 3.63) is 72.7 Å². The molecule has 2 N–H and O–H groups in total. The molecule has 0 fully saturated rings. The SMILES string of the molecule is O=C(Nc1ccccc1)C1=C[NH+]2CN(c3ccc(F)o3)C=CC2=N1. The van der Waals surface area contributed by atoms with Crippen molar-refractivity contribution in [2.75, 3.05) is 16.9 Å². The van der Waals surface area contributed by atoms with Gasteiger partial charge < -0.3 is 9.73 Å². The molecule has 2 aliphatic rings. The Balaban J connectivity index is 1.49. The van der Waals surface area contributed by atoms with Crippen LogP contribution in [-0.2, 0) is 4.79 Å². The van der Waals surface area contributed by atoms with E-state index in [1.165, 1.54) is 6.07 Å². The summed E-state index contributed by atoms with van der Waals surface area (Å²) in [6.45, 7) is 0.463. The number of nitrogens with one attached hydrogen (secondary N) is 2. The van der Waals surface area contributed by atoms with Crippen molar-refractivity contribution >= 4 is 23.3 Å². The van der Waals surface area contributed by atoms with Crippen LogP contribution in [0.15, 0.2) is 76.0 Å². The second-order valence-electron chi connectivity index (χ2n) is 5.39. The summed E-state index contributed by atoms with van der Waals surface area (Å²) in [7, 11) is 0. The van der Waals surface area contributed by atoms with E-state index in [-0.39, 0.29) is 5.91 Å². The lowest BCUT2D eigenvalue weighted by atomic mass is 10.3. The Morgan fingerprint density at radius 1 is 1.25 bits per heavy atom. The van der Waals surface area contributed by atoms with E-state index in [9.17, 15) is 9.18 Å². The van der Waals surface area contributed by atoms with Crippen LogP contribution < -0.4 is 15.1 Å². The average Bonchev–Trinajstić information content (AvgIpc) is 3.21. The molecular weight excluding hydrogens is 311 g/mol. The molecule has 1 aromatic heterocycles. The monoisotopic (exact) mass is 325 g/mol. The molecule has 2 aliphatic heterocycles. The van der Waals surface area contributed by atoms with E-state index in [1.807, 2.05) is 30.3 Å². The number of amidine groups is 1. The zero-order valence-corrected chi connectivity index (χ0v) is 12.6. The molecule has 0 spiro atoms. The Morgan fingerprint density at radius 2 is 2.08 bits per heavy atom. The molecule has 0 aliphatic carbocycles. The van der Waals surface area contributed by atoms with Gasteiger partial charge in [-0.2, -0.15) is 9.38 Å². The van der Waals surface area contributed by atoms with Crippen molar-refractivity contribution in [1.29, 1.82) is 0 Å². The summed E-state index contributed by atoms with van der Waals surface area (Å²) < 4.78 is 18.0. The molecule has 1 atom stereocenters. The van der Waals surface area contributed by atoms with Gasteiger partial charge in [0, 0.05) is 30.1 Å². The molecule has 0 saturated heterocycles. The molecule has 7 heteroatoms. The molecule has 1 amide bonds. The number of fused-ring (bicyclic) bond motifs is 1. The fourth-order valence-corrected chi connectivity index (χ4v) is 2.58. The van der Waals surface area contributed by atoms with Crippen LogP contribution in [0.4, 0.5) is 16.0 Å². The predicted molar refractivity (Wildman–Crippen MR) is 86.7 cm³/mol. The topological polar surface area (TPSA) is 62.3 Å². The minimum atomic E-state index is -0.632. The summed E-state index contributed by atoms with van der Waals surface area (Å²) in [6, 6.07) is 11.4. The van der Waals surface area contributed by atoms with Gasteiger partial charge in [0.2, 0.25) is 11.7 Å². The molecule has 24 heavy (non-hydrogen) atoms. The lowest BCUT2D eigenvalue weighted by molar-refractivity contribution is -0.742. The molecule has 120 valence electrons. The van der Waals surface area contributed by atoms with Crippen molar-refractivity contribution in [3.8, 4) is 0 Å². The third kappa shape index (κ3) is 2.72. The standard InChI is InChI=1S/C17H13FN4O2/c18-14-6-7-16(24-14)21-9-8-15-20-13(10-22(15)11-21)17(23)19-12-4-2-1-3-5-12/h1-10H,11H2,(H,19,23)/p+1. The number of aliphatic imine (C=N–C) groups is 1. The van der Waals surface area contributed by atoms with Gasteiger partial charge in [-0.25, -0.2) is 4.90 Å². The Bertz CT molecular complexity index is 870. The number of hydrogen-bond donors (Lipinski definition) is 2. The highest BCUT2D eigenvalue weighted by Gasteiger charge is 2.31. The van der Waals surface area contributed by atoms with Gasteiger partial charge in [-0.15, -0.1) is 0 Å². The van der Waals surface area contributed by atoms with E-state index in [0.717, 1.165) is 10.7 Å². The number of rotatable bonds is 3. The van der Waals surface area contributed by atoms with E-state index < -0.39 is 6.01 Å². The molecule has 0 saturated carbocycles. The van der Waals surface area contributed by atoms with Gasteiger partial charge >= 0.3 is 0 Å². The third-order valence-electron chi connectivity index (χ3n) is 3.74. The van der Waals surface area contributed by atoms with Crippen LogP contribution in [0.2, 0.25) is 0 Å². The summed E-state index contributed by atoms with van der Waals surface area (Å²) in [5.41, 5.74) is 1.06. The maximum absolute atomic E-state index is 13.0. The molecule has 1 aromatic carbocycles. The number of carbonyl (C=O) groups excluding carboxylic acids is 1. The summed E-state index contributed by atoms with van der Waals surface area (Å²) in [6.07, 6.45) is 5.27. The quantitative estimate of drug-likeness (QED) is 0.899. The van der Waals surface area contributed by atoms with Crippen LogP contribution in [0.25, 0.3) is 0 Å². The van der Waals surface area contributed by atoms with Gasteiger partial charge in [-0.3, -0.25) is 9.69 Å². The highest BCUT2D eigenvalue weighted by atomic mass is 19.1. The zero-order chi connectivity index (χ0) is 16.5. The summed E-state index contributed by atoms with van der Waals surface area (Å²) in [5.74, 6) is 0.877. The molecule has 2 aromatic rings. The second kappa shape index (κ2) is 5.78. The first-order valence-electron chi connectivity index (χ1n) is 7.42. The van der Waals surface area contributed by atoms with Gasteiger partial charge in [0.15, 0.2) is 12.4 Å². The third-order valence-corrected chi connectivity index (χ3v) is 3.74. The lowest BCUT2D eigenvalue weighted by Gasteiger charge is -2.23. The first kappa shape index (κ1) is 14.4. The zero-order valence-electron chi connectivity index (χ0n) is 12.6. The fraction of sp³-hybridized carbons (Fsp3) is 0.0588. The lowest BCUT2D eigenvalue weighted by Crippen LogP contribution is -3.11. The van der Waals surface area contributed by atoms with Crippen molar-refractivity contribution in [2.45, 2.75) is 0 Å². The van der Waals surface area contributed by atoms with E-state index in [2.05, 4.69) is 10.3 Å². The number of para-hydroxylation sites is 1. The van der Waals surface area contributed by atoms with Gasteiger partial charge in [-0.1, -0.05) is 18.2 Å². The van der Waals surface area contributed by atoms with Crippen LogP contribution >= 0.6 is 0 Å². The van der Waals surface area contributed by atoms with E-state index in [0.29, 0.717) is 23.9 Å². The summed E-state index contributed by atoms with van der Waals surface area (Å²) >= 11 is 0. The number of halogens is 1. The first-order valence-corrected chi connectivity index (χ1v) is 7.42. The largest absolute Gasteiger partial charge is 0.414 e. The summed E-state index contributed by atoms with van der Waals surface area (Å²) in [5, 5.41) is 2.81.